The lowest BCUT2D eigenvalue weighted by Crippen LogP contribution is -2.46. The van der Waals surface area contributed by atoms with Crippen LogP contribution in [-0.2, 0) is 13.1 Å². The molecule has 2 aliphatic heterocycles. The minimum absolute atomic E-state index is 0. The number of hydrogen-bond donors (Lipinski definition) is 0. The SMILES string of the molecule is CCCN1Cc2c(-c3ccccc3)nnn2[C@@H]2CN(Cc3ccccc3)C[C@H]21.Cl. The molecule has 0 saturated carbocycles. The molecule has 0 radical (unpaired) electrons. The molecule has 2 aromatic carbocycles. The van der Waals surface area contributed by atoms with Crippen molar-refractivity contribution in [2.75, 3.05) is 19.6 Å². The third-order valence-corrected chi connectivity index (χ3v) is 6.07. The largest absolute Gasteiger partial charge is 0.295 e. The number of likely N-dealkylation sites (tertiary alicyclic amines) is 1. The van der Waals surface area contributed by atoms with Gasteiger partial charge in [-0.05, 0) is 18.5 Å². The second-order valence-electron chi connectivity index (χ2n) is 7.98. The van der Waals surface area contributed by atoms with Gasteiger partial charge in [-0.25, -0.2) is 4.68 Å². The van der Waals surface area contributed by atoms with Gasteiger partial charge in [-0.3, -0.25) is 9.80 Å². The fourth-order valence-corrected chi connectivity index (χ4v) is 4.81. The minimum Gasteiger partial charge on any atom is -0.295 e. The van der Waals surface area contributed by atoms with Gasteiger partial charge in [0.1, 0.15) is 5.69 Å². The van der Waals surface area contributed by atoms with E-state index in [2.05, 4.69) is 92.4 Å². The summed E-state index contributed by atoms with van der Waals surface area (Å²) in [7, 11) is 0. The Labute approximate surface area is 178 Å². The first kappa shape index (κ1) is 20.1. The van der Waals surface area contributed by atoms with Crippen molar-refractivity contribution in [3.05, 3.63) is 71.9 Å². The highest BCUT2D eigenvalue weighted by Crippen LogP contribution is 2.36. The molecule has 0 unspecified atom stereocenters. The lowest BCUT2D eigenvalue weighted by atomic mass is 10.0. The maximum atomic E-state index is 4.63. The van der Waals surface area contributed by atoms with Gasteiger partial charge in [0.05, 0.1) is 11.7 Å². The minimum atomic E-state index is 0. The summed E-state index contributed by atoms with van der Waals surface area (Å²) < 4.78 is 2.23. The monoisotopic (exact) mass is 409 g/mol. The second-order valence-corrected chi connectivity index (χ2v) is 7.98. The Morgan fingerprint density at radius 2 is 1.62 bits per heavy atom. The van der Waals surface area contributed by atoms with Gasteiger partial charge < -0.3 is 0 Å². The first-order chi connectivity index (χ1) is 13.8. The Balaban J connectivity index is 0.00000205. The summed E-state index contributed by atoms with van der Waals surface area (Å²) in [5.41, 5.74) is 4.86. The Bertz CT molecular complexity index is 927. The molecule has 2 atom stereocenters. The lowest BCUT2D eigenvalue weighted by Gasteiger charge is -2.37. The van der Waals surface area contributed by atoms with Crippen molar-refractivity contribution >= 4 is 12.4 Å². The zero-order valence-electron chi connectivity index (χ0n) is 16.8. The third kappa shape index (κ3) is 3.82. The molecule has 5 nitrogen and oxygen atoms in total. The van der Waals surface area contributed by atoms with Crippen molar-refractivity contribution in [2.24, 2.45) is 0 Å². The molecular formula is C23H28ClN5. The molecule has 1 fully saturated rings. The summed E-state index contributed by atoms with van der Waals surface area (Å²) >= 11 is 0. The quantitative estimate of drug-likeness (QED) is 0.637. The fraction of sp³-hybridized carbons (Fsp3) is 0.391. The third-order valence-electron chi connectivity index (χ3n) is 6.07. The van der Waals surface area contributed by atoms with Crippen molar-refractivity contribution in [1.29, 1.82) is 0 Å². The van der Waals surface area contributed by atoms with Gasteiger partial charge in [0.15, 0.2) is 0 Å². The number of aromatic nitrogens is 3. The molecule has 2 aliphatic rings. The number of hydrogen-bond acceptors (Lipinski definition) is 4. The highest BCUT2D eigenvalue weighted by molar-refractivity contribution is 5.85. The number of benzene rings is 2. The van der Waals surface area contributed by atoms with E-state index < -0.39 is 0 Å². The van der Waals surface area contributed by atoms with E-state index in [1.165, 1.54) is 17.7 Å². The zero-order valence-corrected chi connectivity index (χ0v) is 17.6. The van der Waals surface area contributed by atoms with Gasteiger partial charge in [0.25, 0.3) is 0 Å². The van der Waals surface area contributed by atoms with Crippen molar-refractivity contribution in [1.82, 2.24) is 24.8 Å². The highest BCUT2D eigenvalue weighted by atomic mass is 35.5. The Morgan fingerprint density at radius 3 is 2.34 bits per heavy atom. The molecule has 29 heavy (non-hydrogen) atoms. The Kier molecular flexibility index (Phi) is 5.99. The fourth-order valence-electron chi connectivity index (χ4n) is 4.81. The van der Waals surface area contributed by atoms with Crippen molar-refractivity contribution in [3.8, 4) is 11.3 Å². The van der Waals surface area contributed by atoms with Crippen LogP contribution in [0.4, 0.5) is 0 Å². The summed E-state index contributed by atoms with van der Waals surface area (Å²) in [6.45, 7) is 7.46. The van der Waals surface area contributed by atoms with Gasteiger partial charge >= 0.3 is 0 Å². The first-order valence-electron chi connectivity index (χ1n) is 10.3. The van der Waals surface area contributed by atoms with Crippen LogP contribution in [0, 0.1) is 0 Å². The molecule has 5 rings (SSSR count). The average Bonchev–Trinajstić information content (AvgIpc) is 3.34. The molecular weight excluding hydrogens is 382 g/mol. The van der Waals surface area contributed by atoms with Gasteiger partial charge in [0, 0.05) is 37.8 Å². The molecule has 0 aliphatic carbocycles. The van der Waals surface area contributed by atoms with E-state index in [4.69, 9.17) is 0 Å². The lowest BCUT2D eigenvalue weighted by molar-refractivity contribution is 0.122. The van der Waals surface area contributed by atoms with E-state index in [0.717, 1.165) is 44.0 Å². The van der Waals surface area contributed by atoms with Gasteiger partial charge in [0.2, 0.25) is 0 Å². The molecule has 0 spiro atoms. The van der Waals surface area contributed by atoms with Crippen molar-refractivity contribution in [3.63, 3.8) is 0 Å². The molecule has 1 aromatic heterocycles. The molecule has 0 bridgehead atoms. The molecule has 152 valence electrons. The molecule has 1 saturated heterocycles. The van der Waals surface area contributed by atoms with Gasteiger partial charge in [-0.15, -0.1) is 17.5 Å². The topological polar surface area (TPSA) is 37.2 Å². The van der Waals surface area contributed by atoms with Crippen LogP contribution in [0.25, 0.3) is 11.3 Å². The normalized spacial score (nSPS) is 21.4. The summed E-state index contributed by atoms with van der Waals surface area (Å²) in [4.78, 5) is 5.23. The van der Waals surface area contributed by atoms with E-state index in [9.17, 15) is 0 Å². The van der Waals surface area contributed by atoms with Crippen LogP contribution in [0.3, 0.4) is 0 Å². The van der Waals surface area contributed by atoms with Crippen LogP contribution in [0.15, 0.2) is 60.7 Å². The summed E-state index contributed by atoms with van der Waals surface area (Å²) in [6, 6.07) is 22.2. The first-order valence-corrected chi connectivity index (χ1v) is 10.3. The Hall–Kier alpha value is -2.21. The zero-order chi connectivity index (χ0) is 18.9. The van der Waals surface area contributed by atoms with E-state index in [1.54, 1.807) is 0 Å². The Morgan fingerprint density at radius 1 is 0.931 bits per heavy atom. The van der Waals surface area contributed by atoms with Crippen LogP contribution in [0.5, 0.6) is 0 Å². The van der Waals surface area contributed by atoms with Crippen LogP contribution < -0.4 is 0 Å². The average molecular weight is 410 g/mol. The van der Waals surface area contributed by atoms with E-state index in [1.807, 2.05) is 0 Å². The number of halogens is 1. The van der Waals surface area contributed by atoms with Gasteiger partial charge in [-0.1, -0.05) is 72.8 Å². The molecule has 0 N–H and O–H groups in total. The second kappa shape index (κ2) is 8.66. The highest BCUT2D eigenvalue weighted by Gasteiger charge is 2.43. The predicted molar refractivity (Wildman–Crippen MR) is 118 cm³/mol. The molecule has 6 heteroatoms. The maximum absolute atomic E-state index is 4.63. The maximum Gasteiger partial charge on any atom is 0.117 e. The van der Waals surface area contributed by atoms with Crippen LogP contribution >= 0.6 is 12.4 Å². The van der Waals surface area contributed by atoms with Crippen molar-refractivity contribution < 1.29 is 0 Å². The van der Waals surface area contributed by atoms with E-state index in [0.29, 0.717) is 12.1 Å². The van der Waals surface area contributed by atoms with Crippen LogP contribution in [0.1, 0.15) is 30.6 Å². The van der Waals surface area contributed by atoms with Crippen LogP contribution in [0.2, 0.25) is 0 Å². The van der Waals surface area contributed by atoms with Crippen LogP contribution in [-0.4, -0.2) is 50.5 Å². The van der Waals surface area contributed by atoms with Gasteiger partial charge in [-0.2, -0.15) is 0 Å². The predicted octanol–water partition coefficient (Wildman–Crippen LogP) is 4.02. The van der Waals surface area contributed by atoms with E-state index >= 15 is 0 Å². The number of fused-ring (bicyclic) bond motifs is 3. The summed E-state index contributed by atoms with van der Waals surface area (Å²) in [5.74, 6) is 0. The molecule has 3 heterocycles. The standard InChI is InChI=1S/C23H27N5.ClH/c1-2-13-27-17-22-23(19-11-7-4-8-12-19)24-25-28(22)21-16-26(15-20(21)27)14-18-9-5-3-6-10-18;/h3-12,20-21H,2,13-17H2,1H3;1H/t20-,21-;/m1./s1. The van der Waals surface area contributed by atoms with E-state index in [-0.39, 0.29) is 12.4 Å². The smallest absolute Gasteiger partial charge is 0.117 e. The number of rotatable bonds is 5. The molecule has 3 aromatic rings. The summed E-state index contributed by atoms with van der Waals surface area (Å²) in [6.07, 6.45) is 1.17. The van der Waals surface area contributed by atoms with Crippen molar-refractivity contribution in [2.45, 2.75) is 38.5 Å². The number of nitrogens with zero attached hydrogens (tertiary/aromatic N) is 5. The summed E-state index contributed by atoms with van der Waals surface area (Å²) in [5, 5.41) is 9.23. The molecule has 0 amide bonds.